The molecule has 0 saturated heterocycles. The van der Waals surface area contributed by atoms with Crippen LogP contribution in [0.2, 0.25) is 59.3 Å². The van der Waals surface area contributed by atoms with E-state index in [-0.39, 0.29) is 0 Å². The van der Waals surface area contributed by atoms with Crippen LogP contribution in [-0.4, -0.2) is 75.2 Å². The van der Waals surface area contributed by atoms with Crippen LogP contribution in [0.1, 0.15) is 0 Å². The summed E-state index contributed by atoms with van der Waals surface area (Å²) in [6, 6.07) is 0. The van der Waals surface area contributed by atoms with E-state index in [1.54, 1.807) is 0 Å². The third kappa shape index (κ3) is 27.5. The molecule has 0 unspecified atom stereocenters. The van der Waals surface area contributed by atoms with Gasteiger partial charge in [-0.25, -0.2) is 0 Å². The maximum atomic E-state index is 6.25. The first-order chi connectivity index (χ1) is 7.41. The summed E-state index contributed by atoms with van der Waals surface area (Å²) in [5.74, 6) is 0. The van der Waals surface area contributed by atoms with Gasteiger partial charge in [0.2, 0.25) is 0 Å². The molecule has 0 aliphatic heterocycles. The van der Waals surface area contributed by atoms with E-state index in [0.717, 1.165) is 0 Å². The Balaban J connectivity index is 0. The van der Waals surface area contributed by atoms with E-state index >= 15 is 0 Å². The summed E-state index contributed by atoms with van der Waals surface area (Å²) in [6.07, 6.45) is 0. The minimum atomic E-state index is -2.53. The Morgan fingerprint density at radius 2 is 0.611 bits per heavy atom. The normalized spacial score (nSPS) is 14.0. The predicted molar refractivity (Wildman–Crippen MR) is 95.6 cm³/mol. The second-order valence-corrected chi connectivity index (χ2v) is 67.0. The minimum absolute atomic E-state index is 1.18. The van der Waals surface area contributed by atoms with E-state index in [0.29, 0.717) is 0 Å². The Morgan fingerprint density at radius 3 is 0.722 bits per heavy atom. The maximum absolute atomic E-state index is 6.25. The van der Waals surface area contributed by atoms with Crippen molar-refractivity contribution < 1.29 is 2.82 Å². The molecular formula is C12H36O2Sn4. The van der Waals surface area contributed by atoms with Crippen molar-refractivity contribution in [2.45, 2.75) is 59.3 Å². The van der Waals surface area contributed by atoms with Crippen LogP contribution in [0, 0.1) is 0 Å². The Hall–Kier alpha value is 3.11. The van der Waals surface area contributed by atoms with Crippen molar-refractivity contribution >= 4 is 75.2 Å². The van der Waals surface area contributed by atoms with Crippen LogP contribution in [0.3, 0.4) is 0 Å². The first-order valence-electron chi connectivity index (χ1n) is 6.82. The van der Waals surface area contributed by atoms with Crippen LogP contribution >= 0.6 is 0 Å². The molecule has 0 radical (unpaired) electrons. The van der Waals surface area contributed by atoms with E-state index in [9.17, 15) is 0 Å². The van der Waals surface area contributed by atoms with Gasteiger partial charge in [-0.05, 0) is 0 Å². The third-order valence-corrected chi connectivity index (χ3v) is 49.7. The third-order valence-electron chi connectivity index (χ3n) is 1.10. The molecule has 0 aliphatic carbocycles. The number of hydrogen-bond donors (Lipinski definition) is 0. The summed E-state index contributed by atoms with van der Waals surface area (Å²) in [7, 11) is 0. The van der Waals surface area contributed by atoms with Crippen LogP contribution in [0.4, 0.5) is 0 Å². The van der Waals surface area contributed by atoms with Crippen molar-refractivity contribution in [2.24, 2.45) is 0 Å². The van der Waals surface area contributed by atoms with Crippen molar-refractivity contribution in [3.63, 3.8) is 0 Å². The molecule has 18 heavy (non-hydrogen) atoms. The van der Waals surface area contributed by atoms with E-state index in [2.05, 4.69) is 59.3 Å². The van der Waals surface area contributed by atoms with Gasteiger partial charge in [0.15, 0.2) is 0 Å². The molecule has 0 heterocycles. The summed E-state index contributed by atoms with van der Waals surface area (Å²) in [6.45, 7) is 0. The second kappa shape index (κ2) is 8.67. The first kappa shape index (κ1) is 23.4. The van der Waals surface area contributed by atoms with Gasteiger partial charge in [0, 0.05) is 0 Å². The second-order valence-electron chi connectivity index (χ2n) is 8.83. The molecule has 0 aromatic rings. The molecule has 0 bridgehead atoms. The van der Waals surface area contributed by atoms with Gasteiger partial charge in [-0.2, -0.15) is 0 Å². The van der Waals surface area contributed by atoms with Gasteiger partial charge in [-0.3, -0.25) is 0 Å². The Bertz CT molecular complexity index is 210. The van der Waals surface area contributed by atoms with Gasteiger partial charge in [0.05, 0.1) is 0 Å². The van der Waals surface area contributed by atoms with Crippen LogP contribution in [0.25, 0.3) is 0 Å². The average Bonchev–Trinajstić information content (AvgIpc) is 1.64. The summed E-state index contributed by atoms with van der Waals surface area (Å²) >= 11 is -7.86. The van der Waals surface area contributed by atoms with Crippen LogP contribution in [0.5, 0.6) is 0 Å². The summed E-state index contributed by atoms with van der Waals surface area (Å²) in [5.41, 5.74) is 0. The van der Waals surface area contributed by atoms with Crippen molar-refractivity contribution in [3.05, 3.63) is 0 Å². The van der Waals surface area contributed by atoms with Crippen LogP contribution in [-0.2, 0) is 2.82 Å². The van der Waals surface area contributed by atoms with Crippen molar-refractivity contribution in [2.75, 3.05) is 0 Å². The average molecular weight is 687 g/mol. The van der Waals surface area contributed by atoms with Gasteiger partial charge >= 0.3 is 137 Å². The fourth-order valence-electron chi connectivity index (χ4n) is 1.50. The molecule has 0 aliphatic rings. The van der Waals surface area contributed by atoms with E-state index < -0.39 is 75.2 Å². The fourth-order valence-corrected chi connectivity index (χ4v) is 72.7. The molecule has 0 spiro atoms. The Morgan fingerprint density at radius 1 is 0.444 bits per heavy atom. The van der Waals surface area contributed by atoms with Gasteiger partial charge in [0.25, 0.3) is 0 Å². The van der Waals surface area contributed by atoms with E-state index in [1.807, 2.05) is 0 Å². The zero-order valence-electron chi connectivity index (χ0n) is 14.8. The van der Waals surface area contributed by atoms with Crippen molar-refractivity contribution in [1.29, 1.82) is 0 Å². The molecule has 112 valence electrons. The van der Waals surface area contributed by atoms with Gasteiger partial charge in [-0.1, -0.05) is 0 Å². The van der Waals surface area contributed by atoms with E-state index in [1.165, 1.54) is 0 Å². The molecule has 0 saturated carbocycles. The first-order valence-corrected chi connectivity index (χ1v) is 45.7. The molecular weight excluding hydrogens is 651 g/mol. The molecule has 2 nitrogen and oxygen atoms in total. The van der Waals surface area contributed by atoms with E-state index in [4.69, 9.17) is 2.82 Å². The van der Waals surface area contributed by atoms with Gasteiger partial charge in [-0.15, -0.1) is 0 Å². The Kier molecular flexibility index (Phi) is 11.3. The molecule has 0 atom stereocenters. The zero-order chi connectivity index (χ0) is 15.4. The number of hydrogen-bond acceptors (Lipinski definition) is 2. The topological polar surface area (TPSA) is 18.5 Å². The Labute approximate surface area is 135 Å². The standard InChI is InChI=1S/12CH3.2O.4Sn/h12*1H3;;;;;;. The molecule has 0 aromatic heterocycles. The molecule has 0 N–H and O–H groups in total. The molecule has 0 fully saturated rings. The van der Waals surface area contributed by atoms with Crippen LogP contribution < -0.4 is 0 Å². The molecule has 0 amide bonds. The molecule has 0 aromatic carbocycles. The van der Waals surface area contributed by atoms with Crippen LogP contribution in [0.15, 0.2) is 0 Å². The van der Waals surface area contributed by atoms with Crippen molar-refractivity contribution in [1.82, 2.24) is 0 Å². The quantitative estimate of drug-likeness (QED) is 0.372. The van der Waals surface area contributed by atoms with Gasteiger partial charge < -0.3 is 0 Å². The monoisotopic (exact) mass is 692 g/mol. The summed E-state index contributed by atoms with van der Waals surface area (Å²) in [5, 5.41) is 0. The van der Waals surface area contributed by atoms with Crippen molar-refractivity contribution in [3.8, 4) is 0 Å². The fraction of sp³-hybridized carbons (Fsp3) is 1.00. The van der Waals surface area contributed by atoms with Gasteiger partial charge in [0.1, 0.15) is 0 Å². The molecule has 6 heteroatoms. The summed E-state index contributed by atoms with van der Waals surface area (Å²) < 4.78 is 12.5. The SMILES string of the molecule is [CH3][Sn]([CH3])([CH3])[CH3].[CH3][Sn]([CH3])([CH3])[O][Sn]([CH3])([CH3])[O][Sn]([CH3])([CH3])[CH3]. The molecule has 0 rings (SSSR count). The number of rotatable bonds is 4. The zero-order valence-corrected chi connectivity index (χ0v) is 26.2. The summed E-state index contributed by atoms with van der Waals surface area (Å²) in [4.78, 5) is 28.0. The predicted octanol–water partition coefficient (Wildman–Crippen LogP) is 5.35.